The molecular formula is C24H24N4O5S2. The molecule has 0 spiro atoms. The van der Waals surface area contributed by atoms with Crippen molar-refractivity contribution in [1.29, 1.82) is 0 Å². The molecule has 3 aromatic rings. The standard InChI is InChI=1S/C24H24N4O5S2/c1-27-20-13-17(7-10-21(20)33-14-22(27)29)19-15-34-24(25-19)26-23(30)16-5-8-18(9-6-16)35(31,32)28-11-3-2-4-12-28/h5-10,13,15H,2-4,11-12,14H2,1H3,(H,25,26,30). The SMILES string of the molecule is CN1C(=O)COc2ccc(-c3csc(NC(=O)c4ccc(S(=O)(=O)N5CCCCC5)cc4)n3)cc21. The maximum atomic E-state index is 12.8. The van der Waals surface area contributed by atoms with Gasteiger partial charge in [0.2, 0.25) is 10.0 Å². The van der Waals surface area contributed by atoms with Crippen LogP contribution in [0.3, 0.4) is 0 Å². The van der Waals surface area contributed by atoms with Crippen LogP contribution in [0.5, 0.6) is 5.75 Å². The van der Waals surface area contributed by atoms with Gasteiger partial charge in [0, 0.05) is 36.6 Å². The summed E-state index contributed by atoms with van der Waals surface area (Å²) in [5, 5.41) is 4.99. The second kappa shape index (κ2) is 9.40. The molecule has 11 heteroatoms. The topological polar surface area (TPSA) is 109 Å². The Morgan fingerprint density at radius 1 is 1.09 bits per heavy atom. The number of rotatable bonds is 5. The Balaban J connectivity index is 1.29. The Hall–Kier alpha value is -3.28. The first-order valence-corrected chi connectivity index (χ1v) is 13.6. The highest BCUT2D eigenvalue weighted by Crippen LogP contribution is 2.36. The van der Waals surface area contributed by atoms with Gasteiger partial charge in [-0.25, -0.2) is 13.4 Å². The summed E-state index contributed by atoms with van der Waals surface area (Å²) in [5.41, 5.74) is 2.45. The molecule has 1 aromatic heterocycles. The Morgan fingerprint density at radius 3 is 2.57 bits per heavy atom. The van der Waals surface area contributed by atoms with Gasteiger partial charge in [-0.15, -0.1) is 11.3 Å². The van der Waals surface area contributed by atoms with Gasteiger partial charge < -0.3 is 9.64 Å². The minimum Gasteiger partial charge on any atom is -0.482 e. The van der Waals surface area contributed by atoms with Crippen molar-refractivity contribution >= 4 is 44.0 Å². The first-order valence-electron chi connectivity index (χ1n) is 11.2. The van der Waals surface area contributed by atoms with Gasteiger partial charge in [-0.05, 0) is 55.3 Å². The lowest BCUT2D eigenvalue weighted by molar-refractivity contribution is -0.120. The number of likely N-dealkylation sites (N-methyl/N-ethyl adjacent to an activating group) is 1. The lowest BCUT2D eigenvalue weighted by Gasteiger charge is -2.26. The number of piperidine rings is 1. The molecule has 2 amide bonds. The molecule has 1 N–H and O–H groups in total. The number of nitrogens with zero attached hydrogens (tertiary/aromatic N) is 3. The zero-order chi connectivity index (χ0) is 24.6. The van der Waals surface area contributed by atoms with Crippen LogP contribution in [0.4, 0.5) is 10.8 Å². The van der Waals surface area contributed by atoms with E-state index < -0.39 is 10.0 Å². The number of fused-ring (bicyclic) bond motifs is 1. The summed E-state index contributed by atoms with van der Waals surface area (Å²) in [6.07, 6.45) is 2.77. The molecule has 0 saturated carbocycles. The van der Waals surface area contributed by atoms with Crippen molar-refractivity contribution in [3.05, 3.63) is 53.4 Å². The first-order chi connectivity index (χ1) is 16.8. The fourth-order valence-corrected chi connectivity index (χ4v) is 6.33. The number of hydrogen-bond acceptors (Lipinski definition) is 7. The van der Waals surface area contributed by atoms with Crippen LogP contribution >= 0.6 is 11.3 Å². The Labute approximate surface area is 207 Å². The minimum atomic E-state index is -3.55. The number of hydrogen-bond donors (Lipinski definition) is 1. The Kier molecular flexibility index (Phi) is 6.30. The highest BCUT2D eigenvalue weighted by molar-refractivity contribution is 7.89. The molecule has 2 aromatic carbocycles. The Morgan fingerprint density at radius 2 is 1.83 bits per heavy atom. The number of benzene rings is 2. The predicted molar refractivity (Wildman–Crippen MR) is 133 cm³/mol. The number of nitrogens with one attached hydrogen (secondary N) is 1. The van der Waals surface area contributed by atoms with Gasteiger partial charge in [0.05, 0.1) is 16.3 Å². The zero-order valence-electron chi connectivity index (χ0n) is 19.1. The number of amides is 2. The smallest absolute Gasteiger partial charge is 0.264 e. The zero-order valence-corrected chi connectivity index (χ0v) is 20.7. The van der Waals surface area contributed by atoms with Crippen molar-refractivity contribution in [1.82, 2.24) is 9.29 Å². The number of ether oxygens (including phenoxy) is 1. The van der Waals surface area contributed by atoms with E-state index in [0.717, 1.165) is 24.8 Å². The fraction of sp³-hybridized carbons (Fsp3) is 0.292. The molecule has 2 aliphatic rings. The van der Waals surface area contributed by atoms with E-state index in [4.69, 9.17) is 4.74 Å². The highest BCUT2D eigenvalue weighted by atomic mass is 32.2. The van der Waals surface area contributed by atoms with Crippen molar-refractivity contribution in [2.24, 2.45) is 0 Å². The van der Waals surface area contributed by atoms with E-state index in [2.05, 4.69) is 10.3 Å². The van der Waals surface area contributed by atoms with Gasteiger partial charge in [-0.3, -0.25) is 14.9 Å². The van der Waals surface area contributed by atoms with Crippen LogP contribution in [0.2, 0.25) is 0 Å². The highest BCUT2D eigenvalue weighted by Gasteiger charge is 2.26. The van der Waals surface area contributed by atoms with E-state index in [1.807, 2.05) is 17.5 Å². The fourth-order valence-electron chi connectivity index (χ4n) is 4.10. The maximum absolute atomic E-state index is 12.8. The van der Waals surface area contributed by atoms with Gasteiger partial charge in [0.25, 0.3) is 11.8 Å². The number of anilines is 2. The molecule has 0 bridgehead atoms. The van der Waals surface area contributed by atoms with E-state index in [1.54, 1.807) is 18.0 Å². The van der Waals surface area contributed by atoms with Gasteiger partial charge in [0.1, 0.15) is 5.75 Å². The monoisotopic (exact) mass is 512 g/mol. The number of aromatic nitrogens is 1. The molecule has 5 rings (SSSR count). The second-order valence-electron chi connectivity index (χ2n) is 8.41. The van der Waals surface area contributed by atoms with Gasteiger partial charge in [0.15, 0.2) is 11.7 Å². The normalized spacial score (nSPS) is 16.5. The van der Waals surface area contributed by atoms with Crippen molar-refractivity contribution in [3.63, 3.8) is 0 Å². The largest absolute Gasteiger partial charge is 0.482 e. The second-order valence-corrected chi connectivity index (χ2v) is 11.2. The molecular weight excluding hydrogens is 488 g/mol. The average molecular weight is 513 g/mol. The van der Waals surface area contributed by atoms with Crippen LogP contribution in [-0.2, 0) is 14.8 Å². The van der Waals surface area contributed by atoms with Gasteiger partial charge in [-0.2, -0.15) is 4.31 Å². The first kappa shape index (κ1) is 23.5. The van der Waals surface area contributed by atoms with Crippen LogP contribution in [0, 0.1) is 0 Å². The summed E-state index contributed by atoms with van der Waals surface area (Å²) in [4.78, 5) is 30.9. The summed E-state index contributed by atoms with van der Waals surface area (Å²) >= 11 is 1.27. The van der Waals surface area contributed by atoms with Crippen molar-refractivity contribution in [2.45, 2.75) is 24.2 Å². The Bertz CT molecular complexity index is 1380. The lowest BCUT2D eigenvalue weighted by Crippen LogP contribution is -2.35. The quantitative estimate of drug-likeness (QED) is 0.560. The van der Waals surface area contributed by atoms with Crippen molar-refractivity contribution in [3.8, 4) is 17.0 Å². The lowest BCUT2D eigenvalue weighted by atomic mass is 10.1. The van der Waals surface area contributed by atoms with Crippen LogP contribution < -0.4 is 15.0 Å². The molecule has 0 radical (unpaired) electrons. The third kappa shape index (κ3) is 4.66. The number of thiazole rings is 1. The van der Waals surface area contributed by atoms with Gasteiger partial charge in [-0.1, -0.05) is 6.42 Å². The maximum Gasteiger partial charge on any atom is 0.264 e. The molecule has 1 fully saturated rings. The molecule has 0 unspecified atom stereocenters. The third-order valence-electron chi connectivity index (χ3n) is 6.14. The van der Waals surface area contributed by atoms with Crippen LogP contribution in [-0.4, -0.2) is 56.3 Å². The summed E-state index contributed by atoms with van der Waals surface area (Å²) < 4.78 is 32.6. The summed E-state index contributed by atoms with van der Waals surface area (Å²) in [5.74, 6) is 0.123. The van der Waals surface area contributed by atoms with E-state index in [0.29, 0.717) is 40.9 Å². The summed E-state index contributed by atoms with van der Waals surface area (Å²) in [6.45, 7) is 1.07. The van der Waals surface area contributed by atoms with Crippen molar-refractivity contribution in [2.75, 3.05) is 37.0 Å². The number of carbonyl (C=O) groups excluding carboxylic acids is 2. The van der Waals surface area contributed by atoms with E-state index in [9.17, 15) is 18.0 Å². The molecule has 0 aliphatic carbocycles. The van der Waals surface area contributed by atoms with E-state index in [-0.39, 0.29) is 23.3 Å². The van der Waals surface area contributed by atoms with Crippen molar-refractivity contribution < 1.29 is 22.7 Å². The number of sulfonamides is 1. The molecule has 2 aliphatic heterocycles. The van der Waals surface area contributed by atoms with Crippen LogP contribution in [0.25, 0.3) is 11.3 Å². The molecule has 0 atom stereocenters. The molecule has 9 nitrogen and oxygen atoms in total. The van der Waals surface area contributed by atoms with Crippen LogP contribution in [0.15, 0.2) is 52.7 Å². The molecule has 182 valence electrons. The summed E-state index contributed by atoms with van der Waals surface area (Å²) in [7, 11) is -1.85. The van der Waals surface area contributed by atoms with Crippen LogP contribution in [0.1, 0.15) is 29.6 Å². The average Bonchev–Trinajstić information content (AvgIpc) is 3.35. The van der Waals surface area contributed by atoms with E-state index >= 15 is 0 Å². The molecule has 35 heavy (non-hydrogen) atoms. The summed E-state index contributed by atoms with van der Waals surface area (Å²) in [6, 6.07) is 11.4. The minimum absolute atomic E-state index is 0.0148. The number of carbonyl (C=O) groups is 2. The van der Waals surface area contributed by atoms with Gasteiger partial charge >= 0.3 is 0 Å². The van der Waals surface area contributed by atoms with E-state index in [1.165, 1.54) is 39.9 Å². The molecule has 1 saturated heterocycles. The molecule has 3 heterocycles. The third-order valence-corrected chi connectivity index (χ3v) is 8.81. The predicted octanol–water partition coefficient (Wildman–Crippen LogP) is 3.59.